The van der Waals surface area contributed by atoms with Gasteiger partial charge in [-0.2, -0.15) is 5.10 Å². The minimum Gasteiger partial charge on any atom is -0.496 e. The van der Waals surface area contributed by atoms with E-state index in [0.717, 1.165) is 17.0 Å². The lowest BCUT2D eigenvalue weighted by atomic mass is 10.0. The van der Waals surface area contributed by atoms with Gasteiger partial charge in [0.1, 0.15) is 11.5 Å². The van der Waals surface area contributed by atoms with Crippen molar-refractivity contribution in [1.82, 2.24) is 9.78 Å². The first-order valence-corrected chi connectivity index (χ1v) is 7.75. The lowest BCUT2D eigenvalue weighted by molar-refractivity contribution is 0.416. The molecule has 6 heteroatoms. The molecule has 0 radical (unpaired) electrons. The Bertz CT molecular complexity index is 931. The Morgan fingerprint density at radius 1 is 1.04 bits per heavy atom. The minimum atomic E-state index is 0.338. The molecule has 3 aromatic rings. The maximum absolute atomic E-state index is 8.52. The number of anilines is 1. The van der Waals surface area contributed by atoms with E-state index in [1.54, 1.807) is 31.0 Å². The average molecular weight is 336 g/mol. The average Bonchev–Trinajstić information content (AvgIpc) is 3.02. The highest BCUT2D eigenvalue weighted by Crippen LogP contribution is 2.30. The molecule has 0 aliphatic carbocycles. The molecule has 0 saturated carbocycles. The highest BCUT2D eigenvalue weighted by atomic mass is 16.5. The number of hydrogen-bond acceptors (Lipinski definition) is 5. The third-order valence-electron chi connectivity index (χ3n) is 4.04. The molecule has 1 heterocycles. The Balaban J connectivity index is 2.00. The number of aryl methyl sites for hydroxylation is 1. The van der Waals surface area contributed by atoms with Crippen LogP contribution in [0, 0.1) is 5.41 Å². The van der Waals surface area contributed by atoms with E-state index in [2.05, 4.69) is 5.10 Å². The summed E-state index contributed by atoms with van der Waals surface area (Å²) < 4.78 is 12.3. The first-order valence-electron chi connectivity index (χ1n) is 7.75. The number of benzene rings is 2. The number of hydrogen-bond donors (Lipinski definition) is 2. The minimum absolute atomic E-state index is 0.338. The zero-order valence-corrected chi connectivity index (χ0v) is 14.4. The Morgan fingerprint density at radius 2 is 1.76 bits per heavy atom. The second-order valence-corrected chi connectivity index (χ2v) is 5.57. The number of rotatable bonds is 5. The van der Waals surface area contributed by atoms with Crippen LogP contribution in [0.5, 0.6) is 11.5 Å². The van der Waals surface area contributed by atoms with Crippen LogP contribution in [0.25, 0.3) is 11.3 Å². The van der Waals surface area contributed by atoms with E-state index in [1.807, 2.05) is 43.4 Å². The highest BCUT2D eigenvalue weighted by molar-refractivity contribution is 6.10. The predicted molar refractivity (Wildman–Crippen MR) is 98.5 cm³/mol. The molecule has 6 nitrogen and oxygen atoms in total. The van der Waals surface area contributed by atoms with Crippen molar-refractivity contribution in [3.8, 4) is 22.8 Å². The topological polar surface area (TPSA) is 86.2 Å². The molecule has 1 aromatic heterocycles. The Hall–Kier alpha value is -3.28. The van der Waals surface area contributed by atoms with Crippen LogP contribution in [-0.4, -0.2) is 29.7 Å². The molecule has 25 heavy (non-hydrogen) atoms. The quantitative estimate of drug-likeness (QED) is 0.554. The van der Waals surface area contributed by atoms with E-state index in [-0.39, 0.29) is 0 Å². The van der Waals surface area contributed by atoms with Crippen LogP contribution in [0.15, 0.2) is 48.5 Å². The predicted octanol–water partition coefficient (Wildman–Crippen LogP) is 3.10. The van der Waals surface area contributed by atoms with Crippen LogP contribution in [0.1, 0.15) is 11.3 Å². The van der Waals surface area contributed by atoms with Gasteiger partial charge in [-0.1, -0.05) is 12.1 Å². The van der Waals surface area contributed by atoms with Crippen molar-refractivity contribution in [2.24, 2.45) is 7.05 Å². The van der Waals surface area contributed by atoms with Crippen molar-refractivity contribution in [3.63, 3.8) is 0 Å². The van der Waals surface area contributed by atoms with Crippen LogP contribution < -0.4 is 15.2 Å². The monoisotopic (exact) mass is 336 g/mol. The molecule has 3 rings (SSSR count). The smallest absolute Gasteiger partial charge is 0.141 e. The summed E-state index contributed by atoms with van der Waals surface area (Å²) in [5.41, 5.74) is 9.82. The van der Waals surface area contributed by atoms with Gasteiger partial charge in [-0.25, -0.2) is 0 Å². The molecule has 0 atom stereocenters. The van der Waals surface area contributed by atoms with E-state index in [4.69, 9.17) is 20.6 Å². The van der Waals surface area contributed by atoms with Gasteiger partial charge in [0.15, 0.2) is 0 Å². The van der Waals surface area contributed by atoms with E-state index in [9.17, 15) is 0 Å². The summed E-state index contributed by atoms with van der Waals surface area (Å²) >= 11 is 0. The van der Waals surface area contributed by atoms with Crippen LogP contribution in [0.2, 0.25) is 0 Å². The molecule has 0 aliphatic rings. The number of methoxy groups -OCH3 is 2. The van der Waals surface area contributed by atoms with Crippen LogP contribution in [-0.2, 0) is 7.05 Å². The second-order valence-electron chi connectivity index (χ2n) is 5.57. The number of para-hydroxylation sites is 1. The zero-order valence-electron chi connectivity index (χ0n) is 14.4. The highest BCUT2D eigenvalue weighted by Gasteiger charge is 2.16. The van der Waals surface area contributed by atoms with Crippen LogP contribution in [0.3, 0.4) is 0 Å². The molecule has 128 valence electrons. The fourth-order valence-electron chi connectivity index (χ4n) is 2.73. The molecule has 0 spiro atoms. The lowest BCUT2D eigenvalue weighted by Gasteiger charge is -2.08. The summed E-state index contributed by atoms with van der Waals surface area (Å²) in [6.45, 7) is 0. The van der Waals surface area contributed by atoms with E-state index in [1.165, 1.54) is 0 Å². The largest absolute Gasteiger partial charge is 0.496 e. The van der Waals surface area contributed by atoms with Gasteiger partial charge >= 0.3 is 0 Å². The summed E-state index contributed by atoms with van der Waals surface area (Å²) in [5.74, 6) is 1.34. The Labute approximate surface area is 146 Å². The fourth-order valence-corrected chi connectivity index (χ4v) is 2.73. The number of ether oxygens (including phenoxy) is 2. The van der Waals surface area contributed by atoms with Gasteiger partial charge in [-0.3, -0.25) is 10.1 Å². The van der Waals surface area contributed by atoms with Crippen molar-refractivity contribution in [2.45, 2.75) is 0 Å². The molecule has 0 unspecified atom stereocenters. The SMILES string of the molecule is COc1ccc(C(=N)c2cc(-c3ccccc3OC)nn2C)cc1N. The standard InChI is InChI=1S/C19H20N4O2/c1-23-16(19(21)12-8-9-18(25-3)14(20)10-12)11-15(22-23)13-6-4-5-7-17(13)24-2/h4-11,21H,20H2,1-3H3. The van der Waals surface area contributed by atoms with Crippen molar-refractivity contribution in [3.05, 3.63) is 59.8 Å². The number of aromatic nitrogens is 2. The first kappa shape index (κ1) is 16.6. The number of nitrogen functional groups attached to an aromatic ring is 1. The number of nitrogens with zero attached hydrogens (tertiary/aromatic N) is 2. The number of nitrogens with one attached hydrogen (secondary N) is 1. The van der Waals surface area contributed by atoms with Gasteiger partial charge in [0.25, 0.3) is 0 Å². The molecule has 2 aromatic carbocycles. The van der Waals surface area contributed by atoms with E-state index in [0.29, 0.717) is 28.4 Å². The van der Waals surface area contributed by atoms with Gasteiger partial charge in [0, 0.05) is 18.2 Å². The van der Waals surface area contributed by atoms with Crippen molar-refractivity contribution in [1.29, 1.82) is 5.41 Å². The molecule has 0 aliphatic heterocycles. The fraction of sp³-hybridized carbons (Fsp3) is 0.158. The first-order chi connectivity index (χ1) is 12.0. The van der Waals surface area contributed by atoms with Gasteiger partial charge in [-0.05, 0) is 36.4 Å². The van der Waals surface area contributed by atoms with Crippen LogP contribution in [0.4, 0.5) is 5.69 Å². The van der Waals surface area contributed by atoms with Crippen molar-refractivity contribution in [2.75, 3.05) is 20.0 Å². The molecular formula is C19H20N4O2. The normalized spacial score (nSPS) is 10.5. The third kappa shape index (κ3) is 3.06. The van der Waals surface area contributed by atoms with Crippen molar-refractivity contribution < 1.29 is 9.47 Å². The van der Waals surface area contributed by atoms with Gasteiger partial charge in [0.05, 0.1) is 37.0 Å². The summed E-state index contributed by atoms with van der Waals surface area (Å²) in [6.07, 6.45) is 0. The van der Waals surface area contributed by atoms with Gasteiger partial charge in [0.2, 0.25) is 0 Å². The number of nitrogens with two attached hydrogens (primary N) is 1. The summed E-state index contributed by atoms with van der Waals surface area (Å²) in [4.78, 5) is 0. The second kappa shape index (κ2) is 6.68. The summed E-state index contributed by atoms with van der Waals surface area (Å²) in [5, 5.41) is 13.1. The molecule has 0 bridgehead atoms. The molecule has 3 N–H and O–H groups in total. The van der Waals surface area contributed by atoms with Gasteiger partial charge in [-0.15, -0.1) is 0 Å². The molecule has 0 saturated heterocycles. The van der Waals surface area contributed by atoms with E-state index >= 15 is 0 Å². The lowest BCUT2D eigenvalue weighted by Crippen LogP contribution is -2.08. The molecule has 0 amide bonds. The Kier molecular flexibility index (Phi) is 4.43. The maximum atomic E-state index is 8.52. The van der Waals surface area contributed by atoms with Crippen molar-refractivity contribution >= 4 is 11.4 Å². The molecule has 0 fully saturated rings. The molecular weight excluding hydrogens is 316 g/mol. The summed E-state index contributed by atoms with van der Waals surface area (Å²) in [7, 11) is 5.01. The third-order valence-corrected chi connectivity index (χ3v) is 4.04. The Morgan fingerprint density at radius 3 is 2.44 bits per heavy atom. The zero-order chi connectivity index (χ0) is 18.0. The van der Waals surface area contributed by atoms with Gasteiger partial charge < -0.3 is 15.2 Å². The maximum Gasteiger partial charge on any atom is 0.141 e. The van der Waals surface area contributed by atoms with Crippen LogP contribution >= 0.6 is 0 Å². The van der Waals surface area contributed by atoms with E-state index < -0.39 is 0 Å². The summed E-state index contributed by atoms with van der Waals surface area (Å²) in [6, 6.07) is 14.9.